The normalized spacial score (nSPS) is 12.4. The first-order chi connectivity index (χ1) is 9.02. The molecule has 0 aliphatic carbocycles. The molecule has 0 N–H and O–H groups in total. The van der Waals surface area contributed by atoms with Crippen molar-refractivity contribution in [3.05, 3.63) is 45.8 Å². The van der Waals surface area contributed by atoms with E-state index in [1.807, 2.05) is 6.92 Å². The fourth-order valence-corrected chi connectivity index (χ4v) is 1.84. The van der Waals surface area contributed by atoms with Crippen LogP contribution in [0.15, 0.2) is 24.4 Å². The van der Waals surface area contributed by atoms with E-state index in [9.17, 15) is 10.1 Å². The van der Waals surface area contributed by atoms with Crippen molar-refractivity contribution >= 4 is 17.3 Å². The predicted molar refractivity (Wildman–Crippen MR) is 71.6 cm³/mol. The number of nitrogens with zero attached hydrogens (tertiary/aromatic N) is 4. The smallest absolute Gasteiger partial charge is 0.258 e. The number of halogens is 1. The lowest BCUT2D eigenvalue weighted by Gasteiger charge is -2.02. The minimum absolute atomic E-state index is 0.0906. The first-order valence-corrected chi connectivity index (χ1v) is 6.28. The van der Waals surface area contributed by atoms with Crippen LogP contribution in [0.3, 0.4) is 0 Å². The average Bonchev–Trinajstić information content (AvgIpc) is 2.86. The highest BCUT2D eigenvalue weighted by Crippen LogP contribution is 2.24. The third kappa shape index (κ3) is 2.73. The van der Waals surface area contributed by atoms with E-state index in [1.54, 1.807) is 29.9 Å². The Labute approximate surface area is 115 Å². The number of hydrogen-bond acceptors (Lipinski definition) is 4. The zero-order chi connectivity index (χ0) is 14.0. The highest BCUT2D eigenvalue weighted by Gasteiger charge is 2.14. The summed E-state index contributed by atoms with van der Waals surface area (Å²) in [5.41, 5.74) is 2.09. The summed E-state index contributed by atoms with van der Waals surface area (Å²) in [5.74, 6) is 0. The number of nitro groups is 1. The maximum atomic E-state index is 10.8. The molecule has 1 heterocycles. The van der Waals surface area contributed by atoms with Gasteiger partial charge < -0.3 is 0 Å². The lowest BCUT2D eigenvalue weighted by molar-refractivity contribution is -0.385. The Morgan fingerprint density at radius 2 is 2.26 bits per heavy atom. The molecular formula is C12H13ClN4O2. The predicted octanol–water partition coefficient (Wildman–Crippen LogP) is 3.17. The van der Waals surface area contributed by atoms with Crippen LogP contribution in [0.25, 0.3) is 5.69 Å². The second-order valence-corrected chi connectivity index (χ2v) is 4.72. The van der Waals surface area contributed by atoms with Crippen LogP contribution in [0.2, 0.25) is 0 Å². The van der Waals surface area contributed by atoms with Crippen LogP contribution >= 0.6 is 11.6 Å². The zero-order valence-corrected chi connectivity index (χ0v) is 11.3. The number of alkyl halides is 1. The molecule has 0 saturated carbocycles. The van der Waals surface area contributed by atoms with Crippen molar-refractivity contribution in [2.45, 2.75) is 25.6 Å². The minimum Gasteiger partial charge on any atom is -0.258 e. The molecule has 0 amide bonds. The molecule has 1 aromatic carbocycles. The Morgan fingerprint density at radius 3 is 2.84 bits per heavy atom. The largest absolute Gasteiger partial charge is 0.272 e. The molecule has 1 aromatic heterocycles. The average molecular weight is 281 g/mol. The van der Waals surface area contributed by atoms with Gasteiger partial charge >= 0.3 is 0 Å². The van der Waals surface area contributed by atoms with Crippen LogP contribution < -0.4 is 0 Å². The molecule has 1 atom stereocenters. The van der Waals surface area contributed by atoms with Gasteiger partial charge in [0.1, 0.15) is 5.69 Å². The number of aromatic nitrogens is 3. The first kappa shape index (κ1) is 13.5. The fraction of sp³-hybridized carbons (Fsp3) is 0.333. The summed E-state index contributed by atoms with van der Waals surface area (Å²) < 4.78 is 1.57. The second kappa shape index (κ2) is 5.36. The molecule has 100 valence electrons. The monoisotopic (exact) mass is 280 g/mol. The minimum atomic E-state index is -0.405. The summed E-state index contributed by atoms with van der Waals surface area (Å²) in [6.07, 6.45) is 2.50. The Balaban J connectivity index is 2.35. The fourth-order valence-electron chi connectivity index (χ4n) is 1.74. The topological polar surface area (TPSA) is 73.8 Å². The Bertz CT molecular complexity index is 612. The molecule has 2 aromatic rings. The van der Waals surface area contributed by atoms with Crippen molar-refractivity contribution in [1.82, 2.24) is 15.0 Å². The molecule has 0 aliphatic rings. The standard InChI is InChI=1S/C12H13ClN4O2/c1-3-10(13)11-7-16(15-14-11)9-4-5-12(17(18)19)8(2)6-9/h4-7,10H,3H2,1-2H3. The molecule has 0 aliphatic heterocycles. The van der Waals surface area contributed by atoms with Crippen molar-refractivity contribution in [1.29, 1.82) is 0 Å². The lowest BCUT2D eigenvalue weighted by Crippen LogP contribution is -1.98. The van der Waals surface area contributed by atoms with E-state index in [1.165, 1.54) is 6.07 Å². The molecule has 19 heavy (non-hydrogen) atoms. The van der Waals surface area contributed by atoms with E-state index in [-0.39, 0.29) is 11.1 Å². The molecule has 0 spiro atoms. The summed E-state index contributed by atoms with van der Waals surface area (Å²) >= 11 is 6.08. The van der Waals surface area contributed by atoms with Gasteiger partial charge in [0.2, 0.25) is 0 Å². The third-order valence-electron chi connectivity index (χ3n) is 2.83. The van der Waals surface area contributed by atoms with Crippen LogP contribution in [0.4, 0.5) is 5.69 Å². The summed E-state index contributed by atoms with van der Waals surface area (Å²) in [5, 5.41) is 18.6. The number of nitro benzene ring substituents is 1. The van der Waals surface area contributed by atoms with Gasteiger partial charge in [-0.25, -0.2) is 4.68 Å². The highest BCUT2D eigenvalue weighted by atomic mass is 35.5. The lowest BCUT2D eigenvalue weighted by atomic mass is 10.2. The molecular weight excluding hydrogens is 268 g/mol. The molecule has 2 rings (SSSR count). The molecule has 0 saturated heterocycles. The van der Waals surface area contributed by atoms with E-state index < -0.39 is 4.92 Å². The second-order valence-electron chi connectivity index (χ2n) is 4.19. The van der Waals surface area contributed by atoms with Crippen LogP contribution in [0, 0.1) is 17.0 Å². The first-order valence-electron chi connectivity index (χ1n) is 5.84. The molecule has 0 fully saturated rings. The Hall–Kier alpha value is -1.95. The van der Waals surface area contributed by atoms with Gasteiger partial charge in [0.25, 0.3) is 5.69 Å². The number of hydrogen-bond donors (Lipinski definition) is 0. The van der Waals surface area contributed by atoms with E-state index in [2.05, 4.69) is 10.3 Å². The van der Waals surface area contributed by atoms with Crippen LogP contribution in [-0.4, -0.2) is 19.9 Å². The number of benzene rings is 1. The highest BCUT2D eigenvalue weighted by molar-refractivity contribution is 6.20. The maximum absolute atomic E-state index is 10.8. The van der Waals surface area contributed by atoms with Gasteiger partial charge in [-0.3, -0.25) is 10.1 Å². The van der Waals surface area contributed by atoms with Gasteiger partial charge in [-0.05, 0) is 25.5 Å². The van der Waals surface area contributed by atoms with Gasteiger partial charge in [0.15, 0.2) is 0 Å². The Kier molecular flexibility index (Phi) is 3.80. The van der Waals surface area contributed by atoms with Crippen molar-refractivity contribution in [3.8, 4) is 5.69 Å². The van der Waals surface area contributed by atoms with E-state index >= 15 is 0 Å². The SMILES string of the molecule is CCC(Cl)c1cn(-c2ccc([N+](=O)[O-])c(C)c2)nn1. The van der Waals surface area contributed by atoms with Gasteiger partial charge in [0, 0.05) is 11.6 Å². The number of aryl methyl sites for hydroxylation is 1. The van der Waals surface area contributed by atoms with Crippen molar-refractivity contribution in [2.24, 2.45) is 0 Å². The van der Waals surface area contributed by atoms with Crippen LogP contribution in [0.5, 0.6) is 0 Å². The van der Waals surface area contributed by atoms with Gasteiger partial charge in [-0.1, -0.05) is 12.1 Å². The van der Waals surface area contributed by atoms with Crippen molar-refractivity contribution < 1.29 is 4.92 Å². The molecule has 0 radical (unpaired) electrons. The van der Waals surface area contributed by atoms with Crippen molar-refractivity contribution in [2.75, 3.05) is 0 Å². The maximum Gasteiger partial charge on any atom is 0.272 e. The molecule has 7 heteroatoms. The summed E-state index contributed by atoms with van der Waals surface area (Å²) in [6, 6.07) is 4.80. The van der Waals surface area contributed by atoms with E-state index in [0.29, 0.717) is 11.3 Å². The van der Waals surface area contributed by atoms with E-state index in [0.717, 1.165) is 12.1 Å². The van der Waals surface area contributed by atoms with Crippen molar-refractivity contribution in [3.63, 3.8) is 0 Å². The van der Waals surface area contributed by atoms with Gasteiger partial charge in [-0.2, -0.15) is 0 Å². The molecule has 6 nitrogen and oxygen atoms in total. The van der Waals surface area contributed by atoms with Gasteiger partial charge in [-0.15, -0.1) is 16.7 Å². The zero-order valence-electron chi connectivity index (χ0n) is 10.6. The third-order valence-corrected chi connectivity index (χ3v) is 3.36. The van der Waals surface area contributed by atoms with Gasteiger partial charge in [0.05, 0.1) is 22.2 Å². The summed E-state index contributed by atoms with van der Waals surface area (Å²) in [7, 11) is 0. The van der Waals surface area contributed by atoms with E-state index in [4.69, 9.17) is 11.6 Å². The molecule has 1 unspecified atom stereocenters. The quantitative estimate of drug-likeness (QED) is 0.490. The molecule has 0 bridgehead atoms. The number of rotatable bonds is 4. The Morgan fingerprint density at radius 1 is 1.53 bits per heavy atom. The van der Waals surface area contributed by atoms with Crippen LogP contribution in [-0.2, 0) is 0 Å². The summed E-state index contributed by atoms with van der Waals surface area (Å²) in [6.45, 7) is 3.66. The van der Waals surface area contributed by atoms with Crippen LogP contribution in [0.1, 0.15) is 30.0 Å². The summed E-state index contributed by atoms with van der Waals surface area (Å²) in [4.78, 5) is 10.4.